The van der Waals surface area contributed by atoms with Crippen LogP contribution in [0.2, 0.25) is 10.0 Å². The molecule has 0 saturated heterocycles. The lowest BCUT2D eigenvalue weighted by molar-refractivity contribution is -0.0439. The van der Waals surface area contributed by atoms with Crippen LogP contribution in [0.4, 0.5) is 0 Å². The van der Waals surface area contributed by atoms with Gasteiger partial charge < -0.3 is 9.84 Å². The Morgan fingerprint density at radius 1 is 1.39 bits per heavy atom. The smallest absolute Gasteiger partial charge is 0.0865 e. The normalized spacial score (nSPS) is 18.7. The van der Waals surface area contributed by atoms with Gasteiger partial charge in [-0.3, -0.25) is 0 Å². The maximum Gasteiger partial charge on any atom is 0.0865 e. The minimum absolute atomic E-state index is 0.0787. The van der Waals surface area contributed by atoms with Gasteiger partial charge in [0.05, 0.1) is 12.2 Å². The second-order valence-corrected chi connectivity index (χ2v) is 5.61. The Balaban J connectivity index is 2.04. The molecular weight excluding hydrogens is 271 g/mol. The predicted molar refractivity (Wildman–Crippen MR) is 74.3 cm³/mol. The van der Waals surface area contributed by atoms with Crippen molar-refractivity contribution in [3.63, 3.8) is 0 Å². The Hall–Kier alpha value is -0.280. The third kappa shape index (κ3) is 3.61. The summed E-state index contributed by atoms with van der Waals surface area (Å²) in [6, 6.07) is 5.32. The zero-order chi connectivity index (χ0) is 13.1. The molecule has 4 heteroatoms. The van der Waals surface area contributed by atoms with E-state index in [0.717, 1.165) is 18.4 Å². The summed E-state index contributed by atoms with van der Waals surface area (Å²) in [5.74, 6) is 0.498. The first-order valence-electron chi connectivity index (χ1n) is 6.35. The van der Waals surface area contributed by atoms with Gasteiger partial charge in [0.25, 0.3) is 0 Å². The second-order valence-electron chi connectivity index (χ2n) is 4.76. The van der Waals surface area contributed by atoms with E-state index in [1.807, 2.05) is 13.0 Å². The van der Waals surface area contributed by atoms with Crippen LogP contribution in [0.1, 0.15) is 25.3 Å². The van der Waals surface area contributed by atoms with Crippen molar-refractivity contribution in [2.75, 3.05) is 6.61 Å². The lowest BCUT2D eigenvalue weighted by Crippen LogP contribution is -2.33. The fourth-order valence-electron chi connectivity index (χ4n) is 2.22. The third-order valence-electron chi connectivity index (χ3n) is 3.26. The van der Waals surface area contributed by atoms with E-state index >= 15 is 0 Å². The van der Waals surface area contributed by atoms with Crippen LogP contribution < -0.4 is 0 Å². The van der Waals surface area contributed by atoms with Gasteiger partial charge in [0.15, 0.2) is 0 Å². The van der Waals surface area contributed by atoms with Crippen molar-refractivity contribution < 1.29 is 9.84 Å². The van der Waals surface area contributed by atoms with Crippen molar-refractivity contribution >= 4 is 23.2 Å². The molecule has 2 nitrogen and oxygen atoms in total. The molecule has 1 aromatic rings. The van der Waals surface area contributed by atoms with Crippen molar-refractivity contribution in [1.29, 1.82) is 0 Å². The summed E-state index contributed by atoms with van der Waals surface area (Å²) in [5.41, 5.74) is 0.877. The van der Waals surface area contributed by atoms with Gasteiger partial charge in [-0.2, -0.15) is 0 Å². The summed E-state index contributed by atoms with van der Waals surface area (Å²) >= 11 is 12.1. The van der Waals surface area contributed by atoms with E-state index in [9.17, 15) is 5.11 Å². The van der Waals surface area contributed by atoms with Crippen molar-refractivity contribution in [3.05, 3.63) is 33.8 Å². The SMILES string of the molecule is CCOC(C(O)Cc1cc(Cl)ccc1Cl)C1CC1. The Morgan fingerprint density at radius 2 is 2.11 bits per heavy atom. The number of hydrogen-bond acceptors (Lipinski definition) is 2. The van der Waals surface area contributed by atoms with E-state index < -0.39 is 6.10 Å². The molecular formula is C14H18Cl2O2. The van der Waals surface area contributed by atoms with E-state index in [1.54, 1.807) is 12.1 Å². The lowest BCUT2D eigenvalue weighted by atomic mass is 10.0. The molecule has 2 atom stereocenters. The minimum atomic E-state index is -0.520. The van der Waals surface area contributed by atoms with Gasteiger partial charge in [0.2, 0.25) is 0 Å². The van der Waals surface area contributed by atoms with Crippen LogP contribution in [0, 0.1) is 5.92 Å². The number of benzene rings is 1. The van der Waals surface area contributed by atoms with Gasteiger partial charge in [-0.25, -0.2) is 0 Å². The molecule has 0 aromatic heterocycles. The number of aliphatic hydroxyl groups is 1. The second kappa shape index (κ2) is 6.25. The highest BCUT2D eigenvalue weighted by Crippen LogP contribution is 2.37. The molecule has 100 valence electrons. The monoisotopic (exact) mass is 288 g/mol. The van der Waals surface area contributed by atoms with Crippen LogP contribution >= 0.6 is 23.2 Å². The Labute approximate surface area is 118 Å². The average molecular weight is 289 g/mol. The van der Waals surface area contributed by atoms with Crippen LogP contribution in [-0.2, 0) is 11.2 Å². The van der Waals surface area contributed by atoms with Crippen LogP contribution in [-0.4, -0.2) is 23.9 Å². The van der Waals surface area contributed by atoms with Crippen molar-refractivity contribution in [2.45, 2.75) is 38.4 Å². The highest BCUT2D eigenvalue weighted by atomic mass is 35.5. The molecule has 1 N–H and O–H groups in total. The Kier molecular flexibility index (Phi) is 4.91. The standard InChI is InChI=1S/C14H18Cl2O2/c1-2-18-14(9-3-4-9)13(17)8-10-7-11(15)5-6-12(10)16/h5-7,9,13-14,17H,2-4,8H2,1H3. The molecule has 0 radical (unpaired) electrons. The molecule has 0 aliphatic heterocycles. The minimum Gasteiger partial charge on any atom is -0.390 e. The van der Waals surface area contributed by atoms with Gasteiger partial charge in [-0.05, 0) is 49.4 Å². The first-order valence-corrected chi connectivity index (χ1v) is 7.11. The third-order valence-corrected chi connectivity index (χ3v) is 3.87. The van der Waals surface area contributed by atoms with E-state index in [0.29, 0.717) is 29.0 Å². The Morgan fingerprint density at radius 3 is 2.72 bits per heavy atom. The van der Waals surface area contributed by atoms with Gasteiger partial charge in [-0.1, -0.05) is 23.2 Å². The lowest BCUT2D eigenvalue weighted by Gasteiger charge is -2.23. The highest BCUT2D eigenvalue weighted by Gasteiger charge is 2.36. The van der Waals surface area contributed by atoms with Crippen molar-refractivity contribution in [2.24, 2.45) is 5.92 Å². The number of aliphatic hydroxyl groups excluding tert-OH is 1. The highest BCUT2D eigenvalue weighted by molar-refractivity contribution is 6.33. The molecule has 2 rings (SSSR count). The van der Waals surface area contributed by atoms with E-state index in [2.05, 4.69) is 0 Å². The quantitative estimate of drug-likeness (QED) is 0.865. The number of halogens is 2. The van der Waals surface area contributed by atoms with Crippen LogP contribution in [0.15, 0.2) is 18.2 Å². The summed E-state index contributed by atoms with van der Waals surface area (Å²) in [7, 11) is 0. The first kappa shape index (κ1) is 14.1. The molecule has 1 aliphatic rings. The van der Waals surface area contributed by atoms with Gasteiger partial charge in [0.1, 0.15) is 0 Å². The van der Waals surface area contributed by atoms with Crippen molar-refractivity contribution in [1.82, 2.24) is 0 Å². The largest absolute Gasteiger partial charge is 0.390 e. The molecule has 2 unspecified atom stereocenters. The molecule has 0 heterocycles. The average Bonchev–Trinajstić information content (AvgIpc) is 3.14. The number of rotatable bonds is 6. The molecule has 1 aromatic carbocycles. The zero-order valence-electron chi connectivity index (χ0n) is 10.4. The van der Waals surface area contributed by atoms with E-state index in [-0.39, 0.29) is 6.10 Å². The first-order chi connectivity index (χ1) is 8.61. The van der Waals surface area contributed by atoms with Crippen LogP contribution in [0.3, 0.4) is 0 Å². The predicted octanol–water partition coefficient (Wildman–Crippen LogP) is 3.71. The Bertz CT molecular complexity index is 405. The zero-order valence-corrected chi connectivity index (χ0v) is 11.9. The fourth-order valence-corrected chi connectivity index (χ4v) is 2.61. The molecule has 18 heavy (non-hydrogen) atoms. The maximum absolute atomic E-state index is 10.3. The summed E-state index contributed by atoms with van der Waals surface area (Å²) in [6.45, 7) is 2.58. The number of hydrogen-bond donors (Lipinski definition) is 1. The molecule has 1 fully saturated rings. The molecule has 0 spiro atoms. The topological polar surface area (TPSA) is 29.5 Å². The number of ether oxygens (including phenoxy) is 1. The van der Waals surface area contributed by atoms with Crippen LogP contribution in [0.25, 0.3) is 0 Å². The van der Waals surface area contributed by atoms with Crippen LogP contribution in [0.5, 0.6) is 0 Å². The van der Waals surface area contributed by atoms with E-state index in [1.165, 1.54) is 0 Å². The summed E-state index contributed by atoms with van der Waals surface area (Å²) in [5, 5.41) is 11.6. The van der Waals surface area contributed by atoms with Gasteiger partial charge >= 0.3 is 0 Å². The van der Waals surface area contributed by atoms with Gasteiger partial charge in [0, 0.05) is 23.1 Å². The molecule has 1 saturated carbocycles. The molecule has 1 aliphatic carbocycles. The fraction of sp³-hybridized carbons (Fsp3) is 0.571. The van der Waals surface area contributed by atoms with Crippen molar-refractivity contribution in [3.8, 4) is 0 Å². The van der Waals surface area contributed by atoms with Gasteiger partial charge in [-0.15, -0.1) is 0 Å². The summed E-state index contributed by atoms with van der Waals surface area (Å²) < 4.78 is 5.64. The summed E-state index contributed by atoms with van der Waals surface area (Å²) in [6.07, 6.45) is 2.18. The maximum atomic E-state index is 10.3. The molecule has 0 bridgehead atoms. The molecule has 0 amide bonds. The summed E-state index contributed by atoms with van der Waals surface area (Å²) in [4.78, 5) is 0. The van der Waals surface area contributed by atoms with E-state index in [4.69, 9.17) is 27.9 Å².